The molecule has 0 spiro atoms. The second-order valence-electron chi connectivity index (χ2n) is 5.70. The highest BCUT2D eigenvalue weighted by atomic mass is 19.1. The first kappa shape index (κ1) is 15.9. The maximum atomic E-state index is 13.8. The molecule has 0 unspecified atom stereocenters. The molecule has 1 rings (SSSR count). The molecule has 4 nitrogen and oxygen atoms in total. The van der Waals surface area contributed by atoms with E-state index in [1.165, 1.54) is 24.3 Å². The van der Waals surface area contributed by atoms with Gasteiger partial charge < -0.3 is 10.4 Å². The normalized spacial score (nSPS) is 11.6. The van der Waals surface area contributed by atoms with Crippen molar-refractivity contribution in [2.24, 2.45) is 5.41 Å². The number of carbonyl (C=O) groups is 2. The van der Waals surface area contributed by atoms with E-state index in [1.54, 1.807) is 0 Å². The van der Waals surface area contributed by atoms with Crippen molar-refractivity contribution in [3.8, 4) is 0 Å². The summed E-state index contributed by atoms with van der Waals surface area (Å²) in [5, 5.41) is 11.0. The zero-order chi connectivity index (χ0) is 15.3. The number of nitrogens with one attached hydrogen (secondary N) is 1. The summed E-state index contributed by atoms with van der Waals surface area (Å²) in [5.41, 5.74) is 0.329. The molecule has 1 aromatic carbocycles. The molecule has 5 heteroatoms. The number of benzene rings is 1. The minimum atomic E-state index is -1.10. The van der Waals surface area contributed by atoms with Crippen molar-refractivity contribution >= 4 is 23.6 Å². The second kappa shape index (κ2) is 6.32. The predicted molar refractivity (Wildman–Crippen MR) is 75.8 cm³/mol. The lowest BCUT2D eigenvalue weighted by atomic mass is 9.92. The topological polar surface area (TPSA) is 66.4 Å². The average Bonchev–Trinajstić information content (AvgIpc) is 2.27. The molecule has 108 valence electrons. The molecule has 0 fully saturated rings. The molecule has 0 aliphatic rings. The van der Waals surface area contributed by atoms with Gasteiger partial charge in [0.25, 0.3) is 0 Å². The molecule has 1 amide bonds. The van der Waals surface area contributed by atoms with Crippen molar-refractivity contribution < 1.29 is 19.1 Å². The Labute approximate surface area is 117 Å². The number of carboxylic acid groups (broad SMARTS) is 1. The molecule has 2 N–H and O–H groups in total. The average molecular weight is 279 g/mol. The molecule has 0 heterocycles. The van der Waals surface area contributed by atoms with Crippen molar-refractivity contribution in [3.63, 3.8) is 0 Å². The number of hydrogen-bond donors (Lipinski definition) is 2. The van der Waals surface area contributed by atoms with Gasteiger partial charge in [0, 0.05) is 12.5 Å². The third-order valence-corrected chi connectivity index (χ3v) is 2.38. The van der Waals surface area contributed by atoms with Gasteiger partial charge in [-0.15, -0.1) is 0 Å². The summed E-state index contributed by atoms with van der Waals surface area (Å²) in [4.78, 5) is 22.1. The summed E-state index contributed by atoms with van der Waals surface area (Å²) in [5.74, 6) is -1.96. The zero-order valence-electron chi connectivity index (χ0n) is 11.7. The van der Waals surface area contributed by atoms with Gasteiger partial charge in [-0.2, -0.15) is 0 Å². The molecule has 0 saturated heterocycles. The molecular formula is C15H18FNO3. The Balaban J connectivity index is 2.78. The van der Waals surface area contributed by atoms with Gasteiger partial charge in [-0.05, 0) is 29.2 Å². The van der Waals surface area contributed by atoms with E-state index in [1.807, 2.05) is 20.8 Å². The Hall–Kier alpha value is -2.17. The number of hydrogen-bond acceptors (Lipinski definition) is 2. The molecule has 1 aromatic rings. The summed E-state index contributed by atoms with van der Waals surface area (Å²) in [6, 6.07) is 4.12. The highest BCUT2D eigenvalue weighted by Gasteiger charge is 2.16. The first-order chi connectivity index (χ1) is 9.17. The van der Waals surface area contributed by atoms with Crippen LogP contribution in [0.4, 0.5) is 10.1 Å². The van der Waals surface area contributed by atoms with Crippen LogP contribution in [0.25, 0.3) is 6.08 Å². The molecular weight excluding hydrogens is 261 g/mol. The monoisotopic (exact) mass is 279 g/mol. The molecule has 0 aliphatic heterocycles. The molecule has 0 saturated carbocycles. The second-order valence-corrected chi connectivity index (χ2v) is 5.70. The lowest BCUT2D eigenvalue weighted by molar-refractivity contribution is -0.131. The Morgan fingerprint density at radius 3 is 2.50 bits per heavy atom. The molecule has 0 atom stereocenters. The third kappa shape index (κ3) is 5.65. The van der Waals surface area contributed by atoms with Gasteiger partial charge in [0.05, 0.1) is 5.69 Å². The van der Waals surface area contributed by atoms with Gasteiger partial charge in [0.2, 0.25) is 5.91 Å². The number of aliphatic carboxylic acids is 1. The van der Waals surface area contributed by atoms with E-state index in [9.17, 15) is 14.0 Å². The van der Waals surface area contributed by atoms with Gasteiger partial charge in [0.15, 0.2) is 0 Å². The third-order valence-electron chi connectivity index (χ3n) is 2.38. The zero-order valence-corrected chi connectivity index (χ0v) is 11.7. The van der Waals surface area contributed by atoms with E-state index >= 15 is 0 Å². The highest BCUT2D eigenvalue weighted by molar-refractivity contribution is 5.91. The van der Waals surface area contributed by atoms with E-state index in [4.69, 9.17) is 5.11 Å². The molecule has 0 aliphatic carbocycles. The lowest BCUT2D eigenvalue weighted by Gasteiger charge is -2.17. The van der Waals surface area contributed by atoms with Crippen LogP contribution in [0.15, 0.2) is 24.3 Å². The minimum absolute atomic E-state index is 0.0896. The highest BCUT2D eigenvalue weighted by Crippen LogP contribution is 2.21. The summed E-state index contributed by atoms with van der Waals surface area (Å²) >= 11 is 0. The van der Waals surface area contributed by atoms with Crippen LogP contribution in [0, 0.1) is 11.2 Å². The number of carboxylic acids is 1. The Morgan fingerprint density at radius 2 is 2.00 bits per heavy atom. The molecule has 0 radical (unpaired) electrons. The van der Waals surface area contributed by atoms with E-state index < -0.39 is 11.8 Å². The Kier molecular flexibility index (Phi) is 5.02. The summed E-state index contributed by atoms with van der Waals surface area (Å²) in [7, 11) is 0. The number of rotatable bonds is 4. The fourth-order valence-electron chi connectivity index (χ4n) is 1.58. The first-order valence-corrected chi connectivity index (χ1v) is 6.18. The number of carbonyl (C=O) groups excluding carboxylic acids is 1. The maximum Gasteiger partial charge on any atom is 0.328 e. The fraction of sp³-hybridized carbons (Fsp3) is 0.333. The van der Waals surface area contributed by atoms with Crippen LogP contribution in [0.1, 0.15) is 32.8 Å². The number of halogens is 1. The van der Waals surface area contributed by atoms with Crippen LogP contribution in [0.3, 0.4) is 0 Å². The largest absolute Gasteiger partial charge is 0.478 e. The Morgan fingerprint density at radius 1 is 1.35 bits per heavy atom. The summed E-state index contributed by atoms with van der Waals surface area (Å²) in [6.45, 7) is 5.76. The van der Waals surface area contributed by atoms with Crippen molar-refractivity contribution in [1.82, 2.24) is 0 Å². The van der Waals surface area contributed by atoms with Crippen LogP contribution in [-0.2, 0) is 9.59 Å². The van der Waals surface area contributed by atoms with E-state index in [0.29, 0.717) is 5.56 Å². The van der Waals surface area contributed by atoms with E-state index in [-0.39, 0.29) is 23.4 Å². The predicted octanol–water partition coefficient (Wildman–Crippen LogP) is 3.30. The summed E-state index contributed by atoms with van der Waals surface area (Å²) in [6.07, 6.45) is 2.49. The van der Waals surface area contributed by atoms with E-state index in [2.05, 4.69) is 5.32 Å². The lowest BCUT2D eigenvalue weighted by Crippen LogP contribution is -2.20. The smallest absolute Gasteiger partial charge is 0.328 e. The van der Waals surface area contributed by atoms with Gasteiger partial charge in [0.1, 0.15) is 5.82 Å². The van der Waals surface area contributed by atoms with Crippen molar-refractivity contribution in [2.45, 2.75) is 27.2 Å². The van der Waals surface area contributed by atoms with Crippen LogP contribution < -0.4 is 5.32 Å². The first-order valence-electron chi connectivity index (χ1n) is 6.18. The maximum absolute atomic E-state index is 13.8. The van der Waals surface area contributed by atoms with Gasteiger partial charge in [-0.25, -0.2) is 9.18 Å². The van der Waals surface area contributed by atoms with Crippen LogP contribution >= 0.6 is 0 Å². The number of amides is 1. The van der Waals surface area contributed by atoms with Crippen molar-refractivity contribution in [1.29, 1.82) is 0 Å². The molecule has 0 bridgehead atoms. The van der Waals surface area contributed by atoms with Crippen LogP contribution in [-0.4, -0.2) is 17.0 Å². The standard InChI is InChI=1S/C15H18FNO3/c1-15(2,3)9-13(18)17-12-6-4-10(8-11(12)16)5-7-14(19)20/h4-8H,9H2,1-3H3,(H,17,18)(H,19,20). The quantitative estimate of drug-likeness (QED) is 0.831. The van der Waals surface area contributed by atoms with Crippen LogP contribution in [0.5, 0.6) is 0 Å². The molecule has 0 aromatic heterocycles. The van der Waals surface area contributed by atoms with Gasteiger partial charge >= 0.3 is 5.97 Å². The SMILES string of the molecule is CC(C)(C)CC(=O)Nc1ccc(C=CC(=O)O)cc1F. The Bertz CT molecular complexity index is 545. The molecule has 20 heavy (non-hydrogen) atoms. The summed E-state index contributed by atoms with van der Waals surface area (Å²) < 4.78 is 13.8. The van der Waals surface area contributed by atoms with Crippen LogP contribution in [0.2, 0.25) is 0 Å². The van der Waals surface area contributed by atoms with Gasteiger partial charge in [-0.1, -0.05) is 26.8 Å². The number of anilines is 1. The van der Waals surface area contributed by atoms with E-state index in [0.717, 1.165) is 6.08 Å². The van der Waals surface area contributed by atoms with Crippen molar-refractivity contribution in [3.05, 3.63) is 35.7 Å². The van der Waals surface area contributed by atoms with Gasteiger partial charge in [-0.3, -0.25) is 4.79 Å². The minimum Gasteiger partial charge on any atom is -0.478 e. The van der Waals surface area contributed by atoms with Crippen molar-refractivity contribution in [2.75, 3.05) is 5.32 Å². The fourth-order valence-corrected chi connectivity index (χ4v) is 1.58.